The van der Waals surface area contributed by atoms with Gasteiger partial charge in [0.2, 0.25) is 0 Å². The van der Waals surface area contributed by atoms with Gasteiger partial charge in [0.05, 0.1) is 12.8 Å². The Balaban J connectivity index is 3.73. The number of benzene rings is 1. The van der Waals surface area contributed by atoms with Gasteiger partial charge in [0, 0.05) is 27.4 Å². The van der Waals surface area contributed by atoms with Gasteiger partial charge in [-0.25, -0.2) is 16.8 Å². The van der Waals surface area contributed by atoms with Crippen LogP contribution >= 0.6 is 21.4 Å². The molecule has 10 heteroatoms. The summed E-state index contributed by atoms with van der Waals surface area (Å²) in [6, 6.07) is 1.77. The lowest BCUT2D eigenvalue weighted by molar-refractivity contribution is 0.403. The normalized spacial score (nSPS) is 12.4. The quantitative estimate of drug-likeness (QED) is 0.661. The summed E-state index contributed by atoms with van der Waals surface area (Å²) >= 11 is 0. The Morgan fingerprint density at radius 3 is 1.88 bits per heavy atom. The highest BCUT2D eigenvalue weighted by atomic mass is 35.7. The average molecular weight is 320 g/mol. The van der Waals surface area contributed by atoms with Crippen LogP contribution in [0.1, 0.15) is 0 Å². The summed E-state index contributed by atoms with van der Waals surface area (Å²) < 4.78 is 49.4. The van der Waals surface area contributed by atoms with E-state index in [1.165, 1.54) is 7.11 Å². The first kappa shape index (κ1) is 14.4. The highest BCUT2D eigenvalue weighted by Crippen LogP contribution is 2.34. The molecule has 0 fully saturated rings. The Morgan fingerprint density at radius 2 is 1.53 bits per heavy atom. The lowest BCUT2D eigenvalue weighted by Gasteiger charge is -2.09. The minimum atomic E-state index is -4.18. The van der Waals surface area contributed by atoms with Crippen molar-refractivity contribution in [1.82, 2.24) is 0 Å². The van der Waals surface area contributed by atoms with Crippen LogP contribution in [0.15, 0.2) is 21.9 Å². The molecule has 17 heavy (non-hydrogen) atoms. The first-order chi connectivity index (χ1) is 7.57. The van der Waals surface area contributed by atoms with E-state index in [1.54, 1.807) is 0 Å². The smallest absolute Gasteiger partial charge is 0.265 e. The molecule has 0 aliphatic rings. The fraction of sp³-hybridized carbons (Fsp3) is 0.143. The van der Waals surface area contributed by atoms with Crippen molar-refractivity contribution in [2.45, 2.75) is 9.79 Å². The van der Waals surface area contributed by atoms with Gasteiger partial charge in [-0.2, -0.15) is 0 Å². The number of hydrogen-bond donors (Lipinski definition) is 1. The SMILES string of the molecule is COc1cc(N)c(S(=O)(=O)Cl)cc1S(=O)(=O)Cl. The van der Waals surface area contributed by atoms with Crippen LogP contribution in [0, 0.1) is 0 Å². The second kappa shape index (κ2) is 4.52. The Hall–Kier alpha value is -0.700. The van der Waals surface area contributed by atoms with Gasteiger partial charge in [0.15, 0.2) is 0 Å². The molecular formula is C7H7Cl2NO5S2. The van der Waals surface area contributed by atoms with E-state index in [0.29, 0.717) is 0 Å². The molecular weight excluding hydrogens is 313 g/mol. The number of hydrogen-bond acceptors (Lipinski definition) is 6. The Morgan fingerprint density at radius 1 is 1.06 bits per heavy atom. The molecule has 0 bridgehead atoms. The summed E-state index contributed by atoms with van der Waals surface area (Å²) in [6.07, 6.45) is 0. The first-order valence-corrected chi connectivity index (χ1v) is 8.56. The molecule has 96 valence electrons. The third-order valence-electron chi connectivity index (χ3n) is 1.82. The van der Waals surface area contributed by atoms with Gasteiger partial charge in [-0.05, 0) is 6.07 Å². The predicted octanol–water partition coefficient (Wildman–Crippen LogP) is 1.13. The van der Waals surface area contributed by atoms with Crippen LogP contribution in [0.5, 0.6) is 5.75 Å². The second-order valence-electron chi connectivity index (χ2n) is 2.92. The molecule has 0 aliphatic carbocycles. The van der Waals surface area contributed by atoms with Gasteiger partial charge in [-0.1, -0.05) is 0 Å². The highest BCUT2D eigenvalue weighted by Gasteiger charge is 2.24. The maximum Gasteiger partial charge on any atom is 0.265 e. The van der Waals surface area contributed by atoms with Crippen LogP contribution in [-0.4, -0.2) is 23.9 Å². The third-order valence-corrected chi connectivity index (χ3v) is 4.54. The van der Waals surface area contributed by atoms with Gasteiger partial charge >= 0.3 is 0 Å². The van der Waals surface area contributed by atoms with Crippen molar-refractivity contribution < 1.29 is 21.6 Å². The Labute approximate surface area is 107 Å². The zero-order valence-electron chi connectivity index (χ0n) is 8.35. The van der Waals surface area contributed by atoms with Gasteiger partial charge in [0.25, 0.3) is 18.1 Å². The molecule has 0 amide bonds. The van der Waals surface area contributed by atoms with E-state index in [1.807, 2.05) is 0 Å². The molecule has 0 aromatic heterocycles. The van der Waals surface area contributed by atoms with E-state index < -0.39 is 27.9 Å². The summed E-state index contributed by atoms with van der Waals surface area (Å²) in [5.41, 5.74) is 5.18. The van der Waals surface area contributed by atoms with Gasteiger partial charge < -0.3 is 10.5 Å². The fourth-order valence-electron chi connectivity index (χ4n) is 1.12. The highest BCUT2D eigenvalue weighted by molar-refractivity contribution is 8.14. The van der Waals surface area contributed by atoms with Crippen LogP contribution in [0.3, 0.4) is 0 Å². The number of nitrogen functional groups attached to an aromatic ring is 1. The van der Waals surface area contributed by atoms with Gasteiger partial charge in [-0.15, -0.1) is 0 Å². The molecule has 0 radical (unpaired) electrons. The minimum Gasteiger partial charge on any atom is -0.495 e. The van der Waals surface area contributed by atoms with Crippen molar-refractivity contribution in [2.75, 3.05) is 12.8 Å². The van der Waals surface area contributed by atoms with Crippen LogP contribution in [-0.2, 0) is 18.1 Å². The number of anilines is 1. The monoisotopic (exact) mass is 319 g/mol. The fourth-order valence-corrected chi connectivity index (χ4v) is 3.20. The van der Waals surface area contributed by atoms with Crippen molar-refractivity contribution >= 4 is 45.2 Å². The largest absolute Gasteiger partial charge is 0.495 e. The lowest BCUT2D eigenvalue weighted by atomic mass is 10.3. The summed E-state index contributed by atoms with van der Waals surface area (Å²) in [4.78, 5) is -1.06. The summed E-state index contributed by atoms with van der Waals surface area (Å²) in [5.74, 6) is -0.165. The van der Waals surface area contributed by atoms with Crippen LogP contribution in [0.4, 0.5) is 5.69 Å². The summed E-state index contributed by atoms with van der Waals surface area (Å²) in [6.45, 7) is 0. The minimum absolute atomic E-state index is 0.165. The van der Waals surface area contributed by atoms with Crippen molar-refractivity contribution in [3.8, 4) is 5.75 Å². The molecule has 0 unspecified atom stereocenters. The van der Waals surface area contributed by atoms with E-state index in [-0.39, 0.29) is 11.4 Å². The molecule has 6 nitrogen and oxygen atoms in total. The standard InChI is InChI=1S/C7H7Cl2NO5S2/c1-15-5-2-4(10)6(16(8,11)12)3-7(5)17(9,13)14/h2-3H,10H2,1H3. The molecule has 1 aromatic carbocycles. The van der Waals surface area contributed by atoms with Crippen molar-refractivity contribution in [3.05, 3.63) is 12.1 Å². The molecule has 0 saturated heterocycles. The maximum absolute atomic E-state index is 11.2. The zero-order valence-corrected chi connectivity index (χ0v) is 11.5. The molecule has 0 heterocycles. The lowest BCUT2D eigenvalue weighted by Crippen LogP contribution is -2.03. The van der Waals surface area contributed by atoms with E-state index in [4.69, 9.17) is 31.8 Å². The van der Waals surface area contributed by atoms with Crippen LogP contribution in [0.25, 0.3) is 0 Å². The Kier molecular flexibility index (Phi) is 3.82. The number of methoxy groups -OCH3 is 1. The Bertz CT molecular complexity index is 653. The average Bonchev–Trinajstić information content (AvgIpc) is 2.13. The number of rotatable bonds is 3. The van der Waals surface area contributed by atoms with Crippen LogP contribution < -0.4 is 10.5 Å². The maximum atomic E-state index is 11.2. The molecule has 1 rings (SSSR count). The van der Waals surface area contributed by atoms with Crippen molar-refractivity contribution in [3.63, 3.8) is 0 Å². The van der Waals surface area contributed by atoms with Crippen LogP contribution in [0.2, 0.25) is 0 Å². The summed E-state index contributed by atoms with van der Waals surface area (Å²) in [5, 5.41) is 0. The second-order valence-corrected chi connectivity index (χ2v) is 7.99. The van der Waals surface area contributed by atoms with E-state index in [2.05, 4.69) is 0 Å². The molecule has 0 aliphatic heterocycles. The molecule has 0 saturated carbocycles. The first-order valence-electron chi connectivity index (χ1n) is 3.94. The predicted molar refractivity (Wildman–Crippen MR) is 63.5 cm³/mol. The van der Waals surface area contributed by atoms with Crippen molar-refractivity contribution in [1.29, 1.82) is 0 Å². The van der Waals surface area contributed by atoms with E-state index in [0.717, 1.165) is 12.1 Å². The topological polar surface area (TPSA) is 104 Å². The zero-order chi connectivity index (χ0) is 13.4. The van der Waals surface area contributed by atoms with E-state index in [9.17, 15) is 16.8 Å². The van der Waals surface area contributed by atoms with Gasteiger partial charge in [-0.3, -0.25) is 0 Å². The number of nitrogens with two attached hydrogens (primary N) is 1. The molecule has 0 spiro atoms. The van der Waals surface area contributed by atoms with E-state index >= 15 is 0 Å². The molecule has 2 N–H and O–H groups in total. The summed E-state index contributed by atoms with van der Waals surface area (Å²) in [7, 11) is 3.07. The molecule has 1 aromatic rings. The number of ether oxygens (including phenoxy) is 1. The van der Waals surface area contributed by atoms with Gasteiger partial charge in [0.1, 0.15) is 15.5 Å². The molecule has 0 atom stereocenters. The third kappa shape index (κ3) is 3.15. The van der Waals surface area contributed by atoms with Crippen molar-refractivity contribution in [2.24, 2.45) is 0 Å². The number of halogens is 2.